The van der Waals surface area contributed by atoms with E-state index in [0.29, 0.717) is 6.42 Å². The molecule has 0 bridgehead atoms. The monoisotopic (exact) mass is 396 g/mol. The van der Waals surface area contributed by atoms with Crippen molar-refractivity contribution in [1.82, 2.24) is 4.90 Å². The molecule has 1 fully saturated rings. The summed E-state index contributed by atoms with van der Waals surface area (Å²) in [5.74, 6) is 0. The van der Waals surface area contributed by atoms with Gasteiger partial charge in [0.15, 0.2) is 0 Å². The number of para-hydroxylation sites is 1. The van der Waals surface area contributed by atoms with Crippen LogP contribution in [0.2, 0.25) is 0 Å². The number of anilines is 1. The number of hydrogen-bond donors (Lipinski definition) is 1. The highest BCUT2D eigenvalue weighted by Crippen LogP contribution is 2.27. The Kier molecular flexibility index (Phi) is 6.80. The molecule has 1 atom stereocenters. The first-order chi connectivity index (χ1) is 13.8. The molecule has 0 aliphatic carbocycles. The molecule has 0 spiro atoms. The van der Waals surface area contributed by atoms with Crippen LogP contribution in [-0.2, 0) is 10.2 Å². The highest BCUT2D eigenvalue weighted by molar-refractivity contribution is 5.57. The van der Waals surface area contributed by atoms with Crippen LogP contribution in [0.25, 0.3) is 0 Å². The molecule has 0 saturated carbocycles. The van der Waals surface area contributed by atoms with Crippen molar-refractivity contribution in [2.75, 3.05) is 37.6 Å². The van der Waals surface area contributed by atoms with E-state index >= 15 is 0 Å². The van der Waals surface area contributed by atoms with Crippen LogP contribution >= 0.6 is 0 Å². The summed E-state index contributed by atoms with van der Waals surface area (Å²) in [7, 11) is 0. The molecule has 0 amide bonds. The molecule has 1 saturated heterocycles. The maximum absolute atomic E-state index is 11.2. The first-order valence-electron chi connectivity index (χ1n) is 10.4. The van der Waals surface area contributed by atoms with Gasteiger partial charge in [-0.05, 0) is 28.7 Å². The fraction of sp³-hybridized carbons (Fsp3) is 0.458. The Labute approximate surface area is 173 Å². The second-order valence-corrected chi connectivity index (χ2v) is 8.70. The Hall–Kier alpha value is -2.53. The van der Waals surface area contributed by atoms with Crippen LogP contribution in [0.15, 0.2) is 54.6 Å². The van der Waals surface area contributed by atoms with E-state index in [1.807, 2.05) is 18.2 Å². The van der Waals surface area contributed by atoms with Gasteiger partial charge in [0.1, 0.15) is 6.10 Å². The van der Waals surface area contributed by atoms with E-state index < -0.39 is 12.3 Å². The Morgan fingerprint density at radius 2 is 1.62 bits per heavy atom. The van der Waals surface area contributed by atoms with Crippen LogP contribution in [0.1, 0.15) is 44.4 Å². The molecule has 1 aliphatic heterocycles. The summed E-state index contributed by atoms with van der Waals surface area (Å²) in [6.45, 7) is 11.2. The summed E-state index contributed by atoms with van der Waals surface area (Å²) in [4.78, 5) is 16.0. The molecule has 5 nitrogen and oxygen atoms in total. The molecule has 1 heterocycles. The van der Waals surface area contributed by atoms with Crippen LogP contribution in [0.5, 0.6) is 0 Å². The van der Waals surface area contributed by atoms with E-state index in [-0.39, 0.29) is 5.41 Å². The third kappa shape index (κ3) is 5.97. The first kappa shape index (κ1) is 21.2. The van der Waals surface area contributed by atoms with Gasteiger partial charge in [-0.25, -0.2) is 4.79 Å². The average Bonchev–Trinajstić information content (AvgIpc) is 2.71. The van der Waals surface area contributed by atoms with Gasteiger partial charge in [0.05, 0.1) is 0 Å². The Morgan fingerprint density at radius 3 is 2.17 bits per heavy atom. The molecular weight excluding hydrogens is 364 g/mol. The molecule has 0 radical (unpaired) electrons. The molecule has 1 N–H and O–H groups in total. The summed E-state index contributed by atoms with van der Waals surface area (Å²) in [5, 5.41) is 9.18. The van der Waals surface area contributed by atoms with Gasteiger partial charge in [0.25, 0.3) is 0 Å². The van der Waals surface area contributed by atoms with Crippen LogP contribution in [0, 0.1) is 0 Å². The van der Waals surface area contributed by atoms with E-state index in [2.05, 4.69) is 67.0 Å². The molecule has 1 aliphatic rings. The van der Waals surface area contributed by atoms with Gasteiger partial charge in [-0.3, -0.25) is 4.90 Å². The molecule has 29 heavy (non-hydrogen) atoms. The summed E-state index contributed by atoms with van der Waals surface area (Å²) in [6.07, 6.45) is -0.996. The SMILES string of the molecule is CC(C)(C)c1ccc(C(CCN2CCN(c3ccccc3)CC2)OC(=O)O)cc1. The number of carbonyl (C=O) groups is 1. The maximum Gasteiger partial charge on any atom is 0.506 e. The highest BCUT2D eigenvalue weighted by atomic mass is 16.7. The second kappa shape index (κ2) is 9.31. The number of piperazine rings is 1. The number of ether oxygens (including phenoxy) is 1. The van der Waals surface area contributed by atoms with Crippen molar-refractivity contribution in [3.05, 3.63) is 65.7 Å². The number of hydrogen-bond acceptors (Lipinski definition) is 4. The zero-order valence-electron chi connectivity index (χ0n) is 17.7. The normalized spacial score (nSPS) is 16.4. The highest BCUT2D eigenvalue weighted by Gasteiger charge is 2.22. The van der Waals surface area contributed by atoms with Gasteiger partial charge >= 0.3 is 6.16 Å². The van der Waals surface area contributed by atoms with Crippen molar-refractivity contribution >= 4 is 11.8 Å². The van der Waals surface area contributed by atoms with Gasteiger partial charge in [0.2, 0.25) is 0 Å². The van der Waals surface area contributed by atoms with Gasteiger partial charge in [-0.2, -0.15) is 0 Å². The van der Waals surface area contributed by atoms with E-state index in [9.17, 15) is 9.90 Å². The molecule has 5 heteroatoms. The smallest absolute Gasteiger partial charge is 0.450 e. The van der Waals surface area contributed by atoms with Crippen molar-refractivity contribution in [1.29, 1.82) is 0 Å². The average molecular weight is 397 g/mol. The zero-order chi connectivity index (χ0) is 20.9. The lowest BCUT2D eigenvalue weighted by Crippen LogP contribution is -2.46. The van der Waals surface area contributed by atoms with Crippen molar-refractivity contribution in [2.45, 2.75) is 38.7 Å². The number of nitrogens with zero attached hydrogens (tertiary/aromatic N) is 2. The summed E-state index contributed by atoms with van der Waals surface area (Å²) in [5.41, 5.74) is 3.48. The zero-order valence-corrected chi connectivity index (χ0v) is 17.7. The standard InChI is InChI=1S/C24H32N2O3/c1-24(2,3)20-11-9-19(10-12-20)22(29-23(27)28)13-14-25-15-17-26(18-16-25)21-7-5-4-6-8-21/h4-12,22H,13-18H2,1-3H3,(H,27,28). The van der Waals surface area contributed by atoms with Crippen molar-refractivity contribution < 1.29 is 14.6 Å². The number of benzene rings is 2. The Balaban J connectivity index is 1.56. The van der Waals surface area contributed by atoms with E-state index in [0.717, 1.165) is 38.3 Å². The molecule has 2 aromatic carbocycles. The number of rotatable bonds is 6. The van der Waals surface area contributed by atoms with Crippen LogP contribution < -0.4 is 4.90 Å². The molecule has 1 unspecified atom stereocenters. The van der Waals surface area contributed by atoms with E-state index in [4.69, 9.17) is 4.74 Å². The van der Waals surface area contributed by atoms with Crippen LogP contribution in [0.3, 0.4) is 0 Å². The summed E-state index contributed by atoms with van der Waals surface area (Å²) < 4.78 is 5.22. The third-order valence-electron chi connectivity index (χ3n) is 5.59. The lowest BCUT2D eigenvalue weighted by molar-refractivity contribution is 0.0423. The fourth-order valence-electron chi connectivity index (χ4n) is 3.78. The van der Waals surface area contributed by atoms with E-state index in [1.165, 1.54) is 11.3 Å². The molecular formula is C24H32N2O3. The Bertz CT molecular complexity index is 776. The second-order valence-electron chi connectivity index (χ2n) is 8.70. The lowest BCUT2D eigenvalue weighted by Gasteiger charge is -2.36. The van der Waals surface area contributed by atoms with Crippen LogP contribution in [-0.4, -0.2) is 48.9 Å². The van der Waals surface area contributed by atoms with Gasteiger partial charge in [0, 0.05) is 44.8 Å². The van der Waals surface area contributed by atoms with Crippen molar-refractivity contribution in [2.24, 2.45) is 0 Å². The van der Waals surface area contributed by atoms with Gasteiger partial charge in [-0.15, -0.1) is 0 Å². The quantitative estimate of drug-likeness (QED) is 0.702. The van der Waals surface area contributed by atoms with Gasteiger partial charge in [-0.1, -0.05) is 63.2 Å². The third-order valence-corrected chi connectivity index (χ3v) is 5.59. The maximum atomic E-state index is 11.2. The minimum atomic E-state index is -1.22. The van der Waals surface area contributed by atoms with Gasteiger partial charge < -0.3 is 14.7 Å². The van der Waals surface area contributed by atoms with Crippen molar-refractivity contribution in [3.63, 3.8) is 0 Å². The van der Waals surface area contributed by atoms with Crippen molar-refractivity contribution in [3.8, 4) is 0 Å². The summed E-state index contributed by atoms with van der Waals surface area (Å²) in [6, 6.07) is 18.6. The largest absolute Gasteiger partial charge is 0.506 e. The predicted molar refractivity (Wildman–Crippen MR) is 117 cm³/mol. The first-order valence-corrected chi connectivity index (χ1v) is 10.4. The molecule has 0 aromatic heterocycles. The minimum absolute atomic E-state index is 0.0696. The van der Waals surface area contributed by atoms with E-state index in [1.54, 1.807) is 0 Å². The topological polar surface area (TPSA) is 53.0 Å². The minimum Gasteiger partial charge on any atom is -0.450 e. The fourth-order valence-corrected chi connectivity index (χ4v) is 3.78. The molecule has 3 rings (SSSR count). The predicted octanol–water partition coefficient (Wildman–Crippen LogP) is 4.93. The lowest BCUT2D eigenvalue weighted by atomic mass is 9.86. The molecule has 156 valence electrons. The number of carboxylic acid groups (broad SMARTS) is 1. The van der Waals surface area contributed by atoms with Crippen LogP contribution in [0.4, 0.5) is 10.5 Å². The molecule has 2 aromatic rings. The Morgan fingerprint density at radius 1 is 1.00 bits per heavy atom. The summed E-state index contributed by atoms with van der Waals surface area (Å²) >= 11 is 0.